The lowest BCUT2D eigenvalue weighted by molar-refractivity contribution is -0.274. The summed E-state index contributed by atoms with van der Waals surface area (Å²) in [4.78, 5) is 0. The Morgan fingerprint density at radius 2 is 1.57 bits per heavy atom. The summed E-state index contributed by atoms with van der Waals surface area (Å²) >= 11 is 0. The molecule has 0 saturated heterocycles. The number of nitrogens with two attached hydrogens (primary N) is 1. The van der Waals surface area contributed by atoms with Crippen LogP contribution in [-0.4, -0.2) is 16.1 Å². The second-order valence-corrected chi connectivity index (χ2v) is 3.90. The van der Waals surface area contributed by atoms with Crippen LogP contribution in [0.4, 0.5) is 32.0 Å². The summed E-state index contributed by atoms with van der Waals surface area (Å²) in [5.41, 5.74) is 3.31. The molecule has 0 bridgehead atoms. The maximum atomic E-state index is 12.8. The number of anilines is 1. The van der Waals surface area contributed by atoms with Gasteiger partial charge in [0, 0.05) is 0 Å². The highest BCUT2D eigenvalue weighted by Gasteiger charge is 2.38. The van der Waals surface area contributed by atoms with Gasteiger partial charge in [0.25, 0.3) is 0 Å². The fraction of sp³-hybridized carbons (Fsp3) is 0.182. The van der Waals surface area contributed by atoms with Crippen LogP contribution in [0.2, 0.25) is 0 Å². The van der Waals surface area contributed by atoms with Gasteiger partial charge in [-0.25, -0.2) is 4.68 Å². The van der Waals surface area contributed by atoms with Gasteiger partial charge in [-0.05, 0) is 24.3 Å². The number of hydrogen-bond acceptors (Lipinski definition) is 3. The third-order valence-electron chi connectivity index (χ3n) is 2.38. The normalized spacial score (nSPS) is 12.5. The zero-order valence-corrected chi connectivity index (χ0v) is 10.0. The number of benzene rings is 1. The molecule has 0 radical (unpaired) electrons. The molecule has 21 heavy (non-hydrogen) atoms. The maximum absolute atomic E-state index is 12.8. The Hall–Kier alpha value is -2.39. The summed E-state index contributed by atoms with van der Waals surface area (Å²) < 4.78 is 78.5. The van der Waals surface area contributed by atoms with E-state index in [0.717, 1.165) is 30.5 Å². The van der Waals surface area contributed by atoms with E-state index in [1.165, 1.54) is 0 Å². The van der Waals surface area contributed by atoms with Gasteiger partial charge >= 0.3 is 12.5 Å². The van der Waals surface area contributed by atoms with E-state index in [9.17, 15) is 26.3 Å². The fourth-order valence-corrected chi connectivity index (χ4v) is 1.63. The van der Waals surface area contributed by atoms with Crippen molar-refractivity contribution in [3.63, 3.8) is 0 Å². The molecule has 0 atom stereocenters. The van der Waals surface area contributed by atoms with E-state index in [1.54, 1.807) is 0 Å². The molecule has 1 aromatic heterocycles. The molecule has 4 nitrogen and oxygen atoms in total. The molecular formula is C11H7F6N3O. The van der Waals surface area contributed by atoms with E-state index in [1.807, 2.05) is 0 Å². The molecule has 1 aromatic carbocycles. The smallest absolute Gasteiger partial charge is 0.406 e. The Balaban J connectivity index is 2.36. The minimum Gasteiger partial charge on any atom is -0.406 e. The van der Waals surface area contributed by atoms with Crippen molar-refractivity contribution in [2.24, 2.45) is 0 Å². The molecule has 2 N–H and O–H groups in total. The van der Waals surface area contributed by atoms with Crippen molar-refractivity contribution in [2.75, 3.05) is 5.73 Å². The van der Waals surface area contributed by atoms with Crippen molar-refractivity contribution < 1.29 is 31.1 Å². The SMILES string of the molecule is Nc1cnn(-c2ccc(OC(F)(F)F)cc2)c1C(F)(F)F. The molecule has 0 saturated carbocycles. The first-order chi connectivity index (χ1) is 9.58. The predicted octanol–water partition coefficient (Wildman–Crippen LogP) is 3.37. The van der Waals surface area contributed by atoms with Crippen LogP contribution in [-0.2, 0) is 6.18 Å². The average Bonchev–Trinajstić information content (AvgIpc) is 2.69. The first kappa shape index (κ1) is 15.0. The summed E-state index contributed by atoms with van der Waals surface area (Å²) in [5.74, 6) is -0.556. The van der Waals surface area contributed by atoms with Crippen LogP contribution in [0, 0.1) is 0 Å². The highest BCUT2D eigenvalue weighted by Crippen LogP contribution is 2.35. The molecular weight excluding hydrogens is 304 g/mol. The van der Waals surface area contributed by atoms with Gasteiger partial charge in [-0.3, -0.25) is 0 Å². The first-order valence-corrected chi connectivity index (χ1v) is 5.35. The number of nitrogen functional groups attached to an aromatic ring is 1. The zero-order valence-electron chi connectivity index (χ0n) is 10.0. The van der Waals surface area contributed by atoms with Crippen LogP contribution in [0.5, 0.6) is 5.75 Å². The van der Waals surface area contributed by atoms with Gasteiger partial charge in [-0.15, -0.1) is 13.2 Å². The summed E-state index contributed by atoms with van der Waals surface area (Å²) in [7, 11) is 0. The molecule has 0 fully saturated rings. The Morgan fingerprint density at radius 1 is 1.00 bits per heavy atom. The monoisotopic (exact) mass is 311 g/mol. The average molecular weight is 311 g/mol. The predicted molar refractivity (Wildman–Crippen MR) is 59.7 cm³/mol. The quantitative estimate of drug-likeness (QED) is 0.865. The lowest BCUT2D eigenvalue weighted by Gasteiger charge is -2.12. The van der Waals surface area contributed by atoms with Crippen molar-refractivity contribution in [3.8, 4) is 11.4 Å². The van der Waals surface area contributed by atoms with Crippen molar-refractivity contribution in [1.82, 2.24) is 9.78 Å². The van der Waals surface area contributed by atoms with Crippen molar-refractivity contribution in [3.05, 3.63) is 36.2 Å². The number of hydrogen-bond donors (Lipinski definition) is 1. The van der Waals surface area contributed by atoms with Gasteiger partial charge in [0.05, 0.1) is 17.6 Å². The van der Waals surface area contributed by atoms with Crippen LogP contribution in [0.25, 0.3) is 5.69 Å². The van der Waals surface area contributed by atoms with Crippen LogP contribution in [0.1, 0.15) is 5.69 Å². The highest BCUT2D eigenvalue weighted by atomic mass is 19.4. The van der Waals surface area contributed by atoms with Gasteiger partial charge in [-0.1, -0.05) is 0 Å². The lowest BCUT2D eigenvalue weighted by Crippen LogP contribution is -2.17. The molecule has 114 valence electrons. The number of alkyl halides is 6. The second kappa shape index (κ2) is 4.86. The summed E-state index contributed by atoms with van der Waals surface area (Å²) in [6, 6.07) is 3.76. The van der Waals surface area contributed by atoms with Gasteiger partial charge in [0.2, 0.25) is 0 Å². The van der Waals surface area contributed by atoms with Crippen LogP contribution >= 0.6 is 0 Å². The fourth-order valence-electron chi connectivity index (χ4n) is 1.63. The molecule has 1 heterocycles. The molecule has 0 amide bonds. The first-order valence-electron chi connectivity index (χ1n) is 5.35. The second-order valence-electron chi connectivity index (χ2n) is 3.90. The van der Waals surface area contributed by atoms with Crippen molar-refractivity contribution in [2.45, 2.75) is 12.5 Å². The lowest BCUT2D eigenvalue weighted by atomic mass is 10.3. The molecule has 0 unspecified atom stereocenters. The standard InChI is InChI=1S/C11H7F6N3O/c12-10(13,14)9-8(18)5-19-20(9)6-1-3-7(4-2-6)21-11(15,16)17/h1-5H,18H2. The van der Waals surface area contributed by atoms with Gasteiger partial charge < -0.3 is 10.5 Å². The third kappa shape index (κ3) is 3.38. The Labute approximate surface area is 113 Å². The molecule has 0 aliphatic heterocycles. The number of halogens is 6. The molecule has 0 aliphatic rings. The number of rotatable bonds is 2. The van der Waals surface area contributed by atoms with Crippen LogP contribution < -0.4 is 10.5 Å². The van der Waals surface area contributed by atoms with Crippen LogP contribution in [0.3, 0.4) is 0 Å². The largest absolute Gasteiger partial charge is 0.573 e. The Kier molecular flexibility index (Phi) is 3.47. The molecule has 0 aliphatic carbocycles. The molecule has 2 rings (SSSR count). The molecule has 10 heteroatoms. The third-order valence-corrected chi connectivity index (χ3v) is 2.38. The molecule has 0 spiro atoms. The summed E-state index contributed by atoms with van der Waals surface area (Å²) in [6.45, 7) is 0. The van der Waals surface area contributed by atoms with E-state index >= 15 is 0 Å². The summed E-state index contributed by atoms with van der Waals surface area (Å²) in [6.07, 6.45) is -8.82. The van der Waals surface area contributed by atoms with E-state index in [4.69, 9.17) is 5.73 Å². The van der Waals surface area contributed by atoms with E-state index in [0.29, 0.717) is 4.68 Å². The zero-order chi connectivity index (χ0) is 15.8. The van der Waals surface area contributed by atoms with Gasteiger partial charge in [0.15, 0.2) is 5.69 Å². The van der Waals surface area contributed by atoms with Crippen molar-refractivity contribution in [1.29, 1.82) is 0 Å². The van der Waals surface area contributed by atoms with Gasteiger partial charge in [-0.2, -0.15) is 18.3 Å². The number of ether oxygens (including phenoxy) is 1. The van der Waals surface area contributed by atoms with Gasteiger partial charge in [0.1, 0.15) is 5.75 Å². The summed E-state index contributed by atoms with van der Waals surface area (Å²) in [5, 5.41) is 3.47. The number of aromatic nitrogens is 2. The minimum atomic E-state index is -4.88. The van der Waals surface area contributed by atoms with E-state index in [-0.39, 0.29) is 5.69 Å². The van der Waals surface area contributed by atoms with Crippen molar-refractivity contribution >= 4 is 5.69 Å². The van der Waals surface area contributed by atoms with E-state index < -0.39 is 29.7 Å². The number of nitrogens with zero attached hydrogens (tertiary/aromatic N) is 2. The van der Waals surface area contributed by atoms with E-state index in [2.05, 4.69) is 9.84 Å². The maximum Gasteiger partial charge on any atom is 0.573 e. The topological polar surface area (TPSA) is 53.1 Å². The van der Waals surface area contributed by atoms with Crippen LogP contribution in [0.15, 0.2) is 30.5 Å². The molecule has 2 aromatic rings. The Morgan fingerprint density at radius 3 is 2.05 bits per heavy atom. The highest BCUT2D eigenvalue weighted by molar-refractivity contribution is 5.48. The minimum absolute atomic E-state index is 0.103. The Bertz CT molecular complexity index is 629.